The molecule has 0 aromatic heterocycles. The summed E-state index contributed by atoms with van der Waals surface area (Å²) in [5.41, 5.74) is 11.1. The Bertz CT molecular complexity index is 563. The van der Waals surface area contributed by atoms with Crippen LogP contribution in [0.2, 0.25) is 0 Å². The number of nitrogens with two attached hydrogens (primary N) is 2. The normalized spacial score (nSPS) is 11.5. The van der Waals surface area contributed by atoms with Crippen LogP contribution >= 0.6 is 23.7 Å². The molecule has 292 valence electrons. The van der Waals surface area contributed by atoms with E-state index in [1.807, 2.05) is 27.7 Å². The van der Waals surface area contributed by atoms with Crippen LogP contribution in [0.5, 0.6) is 0 Å². The maximum absolute atomic E-state index is 13.0. The van der Waals surface area contributed by atoms with Crippen molar-refractivity contribution in [3.8, 4) is 0 Å². The van der Waals surface area contributed by atoms with Crippen LogP contribution in [-0.2, 0) is 27.6 Å². The van der Waals surface area contributed by atoms with Gasteiger partial charge in [-0.2, -0.15) is 0 Å². The van der Waals surface area contributed by atoms with Crippen LogP contribution in [0.3, 0.4) is 0 Å². The van der Waals surface area contributed by atoms with E-state index >= 15 is 0 Å². The minimum Gasteiger partial charge on any atom is -0.365 e. The molecule has 6 N–H and O–H groups in total. The second-order valence-electron chi connectivity index (χ2n) is 11.4. The summed E-state index contributed by atoms with van der Waals surface area (Å²) in [6.45, 7) is 11.6. The number of amides is 2. The van der Waals surface area contributed by atoms with E-state index in [2.05, 4.69) is 42.9 Å². The number of unbranched alkanes of at least 4 members (excludes halogenated alkanes) is 16. The molecule has 10 nitrogen and oxygen atoms in total. The van der Waals surface area contributed by atoms with E-state index in [4.69, 9.17) is 20.9 Å². The first-order valence-corrected chi connectivity index (χ1v) is 19.5. The Morgan fingerprint density at radius 2 is 0.750 bits per heavy atom. The van der Waals surface area contributed by atoms with Crippen molar-refractivity contribution >= 4 is 35.5 Å². The third-order valence-electron chi connectivity index (χ3n) is 7.18. The lowest BCUT2D eigenvalue weighted by Gasteiger charge is -2.26. The Labute approximate surface area is 306 Å². The maximum atomic E-state index is 13.0. The van der Waals surface area contributed by atoms with Crippen molar-refractivity contribution in [3.63, 3.8) is 0 Å². The molecule has 0 fully saturated rings. The van der Waals surface area contributed by atoms with E-state index in [1.54, 1.807) is 0 Å². The minimum absolute atomic E-state index is 0.259. The molecule has 0 aromatic rings. The van der Waals surface area contributed by atoms with Gasteiger partial charge in [0.25, 0.3) is 11.8 Å². The fraction of sp³-hybridized carbons (Fsp3) is 0.944. The first-order valence-electron chi connectivity index (χ1n) is 18.9. The van der Waals surface area contributed by atoms with Gasteiger partial charge in [-0.05, 0) is 51.6 Å². The Morgan fingerprint density at radius 1 is 0.521 bits per heavy atom. The summed E-state index contributed by atoms with van der Waals surface area (Å²) in [5, 5.41) is 5.84. The second kappa shape index (κ2) is 50.7. The zero-order valence-electron chi connectivity index (χ0n) is 31.9. The first kappa shape index (κ1) is 54.1. The van der Waals surface area contributed by atoms with Gasteiger partial charge in [0.2, 0.25) is 0 Å². The third-order valence-corrected chi connectivity index (χ3v) is 7.18. The van der Waals surface area contributed by atoms with Gasteiger partial charge >= 0.3 is 0 Å². The molecule has 0 aliphatic heterocycles. The monoisotopic (exact) mass is 733 g/mol. The van der Waals surface area contributed by atoms with Gasteiger partial charge in [-0.3, -0.25) is 18.2 Å². The third kappa shape index (κ3) is 43.3. The zero-order valence-corrected chi connectivity index (χ0v) is 33.4. The lowest BCUT2D eigenvalue weighted by molar-refractivity contribution is -0.157. The molecule has 0 rings (SSSR count). The van der Waals surface area contributed by atoms with E-state index in [1.165, 1.54) is 78.4 Å². The van der Waals surface area contributed by atoms with E-state index < -0.39 is 12.2 Å². The quantitative estimate of drug-likeness (QED) is 0.0520. The highest BCUT2D eigenvalue weighted by molar-refractivity contribution is 6.07. The van der Waals surface area contributed by atoms with E-state index in [0.29, 0.717) is 26.3 Å². The minimum atomic E-state index is -0.931. The number of nitrogens with one attached hydrogen (secondary N) is 2. The fourth-order valence-electron chi connectivity index (χ4n) is 4.69. The average molecular weight is 734 g/mol. The standard InChI is InChI=1S/C32H66N4O4.C2H6.2CH3ClO/c1-3-25-35-31(37)29(39-27-21-17-13-9-5-7-11-15-19-23-33)30(32(38)36-26-4-2)40-28-22-18-14-10-6-8-12-16-20-24-34;1-2;2*1-3-2/h29-30H,3-28,33-34H2,1-2H3,(H,35,37)(H,36,38);1-2H3;2*1H3. The van der Waals surface area contributed by atoms with E-state index in [9.17, 15) is 9.59 Å². The molecule has 0 aliphatic rings. The van der Waals surface area contributed by atoms with Crippen molar-refractivity contribution < 1.29 is 27.6 Å². The lowest BCUT2D eigenvalue weighted by atomic mass is 10.1. The van der Waals surface area contributed by atoms with Crippen molar-refractivity contribution in [2.75, 3.05) is 53.6 Å². The number of halogens is 2. The summed E-state index contributed by atoms with van der Waals surface area (Å²) in [6, 6.07) is 0. The fourth-order valence-corrected chi connectivity index (χ4v) is 4.69. The Morgan fingerprint density at radius 3 is 0.979 bits per heavy atom. The van der Waals surface area contributed by atoms with Gasteiger partial charge in [0.05, 0.1) is 38.0 Å². The molecule has 0 bridgehead atoms. The smallest absolute Gasteiger partial charge is 0.252 e. The van der Waals surface area contributed by atoms with E-state index in [0.717, 1.165) is 77.3 Å². The molecule has 2 amide bonds. The number of carbonyl (C=O) groups excluding carboxylic acids is 2. The van der Waals surface area contributed by atoms with Gasteiger partial charge in [0.15, 0.2) is 12.2 Å². The molecule has 12 heteroatoms. The lowest BCUT2D eigenvalue weighted by Crippen LogP contribution is -2.52. The molecule has 0 aromatic carbocycles. The summed E-state index contributed by atoms with van der Waals surface area (Å²) in [4.78, 5) is 26.1. The van der Waals surface area contributed by atoms with Crippen molar-refractivity contribution in [1.29, 1.82) is 0 Å². The number of hydrogen-bond acceptors (Lipinski definition) is 8. The van der Waals surface area contributed by atoms with Crippen LogP contribution in [0.15, 0.2) is 0 Å². The SMILES string of the molecule is CC.CCCNC(=O)C(OCCCCCCCCCCCN)C(OCCCCCCCCCCCN)C(=O)NCCC.COCl.COCl. The second-order valence-corrected chi connectivity index (χ2v) is 12.0. The molecule has 0 spiro atoms. The molecule has 0 aliphatic carbocycles. The molecule has 0 saturated heterocycles. The number of carbonyl (C=O) groups is 2. The van der Waals surface area contributed by atoms with Gasteiger partial charge in [0, 0.05) is 26.3 Å². The summed E-state index contributed by atoms with van der Waals surface area (Å²) in [7, 11) is 2.78. The van der Waals surface area contributed by atoms with Crippen molar-refractivity contribution in [2.45, 2.75) is 168 Å². The number of hydrogen-bond donors (Lipinski definition) is 4. The summed E-state index contributed by atoms with van der Waals surface area (Å²) in [5.74, 6) is -0.517. The van der Waals surface area contributed by atoms with Crippen LogP contribution in [0, 0.1) is 0 Å². The molecule has 48 heavy (non-hydrogen) atoms. The van der Waals surface area contributed by atoms with Crippen molar-refractivity contribution in [2.24, 2.45) is 11.5 Å². The van der Waals surface area contributed by atoms with Crippen LogP contribution in [0.4, 0.5) is 0 Å². The molecule has 0 heterocycles. The van der Waals surface area contributed by atoms with Crippen LogP contribution in [0.1, 0.15) is 156 Å². The van der Waals surface area contributed by atoms with Crippen molar-refractivity contribution in [3.05, 3.63) is 0 Å². The molecule has 2 unspecified atom stereocenters. The summed E-state index contributed by atoms with van der Waals surface area (Å²) in [6.07, 6.45) is 20.8. The maximum Gasteiger partial charge on any atom is 0.252 e. The molecule has 2 atom stereocenters. The topological polar surface area (TPSA) is 147 Å². The Kier molecular flexibility index (Phi) is 57.1. The van der Waals surface area contributed by atoms with Crippen LogP contribution < -0.4 is 22.1 Å². The Balaban J connectivity index is -0.00000110. The highest BCUT2D eigenvalue weighted by Crippen LogP contribution is 2.14. The van der Waals surface area contributed by atoms with Gasteiger partial charge in [0.1, 0.15) is 0 Å². The predicted octanol–water partition coefficient (Wildman–Crippen LogP) is 8.35. The number of ether oxygens (including phenoxy) is 2. The van der Waals surface area contributed by atoms with Crippen molar-refractivity contribution in [1.82, 2.24) is 10.6 Å². The number of rotatable bonds is 31. The highest BCUT2D eigenvalue weighted by Gasteiger charge is 2.35. The van der Waals surface area contributed by atoms with Gasteiger partial charge in [-0.15, -0.1) is 0 Å². The van der Waals surface area contributed by atoms with Crippen LogP contribution in [-0.4, -0.2) is 77.6 Å². The molecule has 0 saturated carbocycles. The van der Waals surface area contributed by atoms with Gasteiger partial charge in [-0.25, -0.2) is 0 Å². The van der Waals surface area contributed by atoms with Gasteiger partial charge in [-0.1, -0.05) is 118 Å². The molecular weight excluding hydrogens is 655 g/mol. The Hall–Kier alpha value is -0.720. The largest absolute Gasteiger partial charge is 0.365 e. The predicted molar refractivity (Wildman–Crippen MR) is 204 cm³/mol. The van der Waals surface area contributed by atoms with E-state index in [-0.39, 0.29) is 11.8 Å². The highest BCUT2D eigenvalue weighted by atomic mass is 35.5. The average Bonchev–Trinajstić information content (AvgIpc) is 3.09. The summed E-state index contributed by atoms with van der Waals surface area (Å²) < 4.78 is 19.6. The zero-order chi connectivity index (χ0) is 36.9. The van der Waals surface area contributed by atoms with Crippen LogP contribution in [0.25, 0.3) is 0 Å². The molecular formula is C36H78Cl2N4O6. The first-order chi connectivity index (χ1) is 23.4. The molecule has 0 radical (unpaired) electrons. The van der Waals surface area contributed by atoms with Gasteiger partial charge < -0.3 is 31.6 Å². The summed E-state index contributed by atoms with van der Waals surface area (Å²) >= 11 is 9.00.